The number of anilines is 1. The predicted molar refractivity (Wildman–Crippen MR) is 71.0 cm³/mol. The molecule has 0 aliphatic carbocycles. The number of benzene rings is 1. The fourth-order valence-corrected chi connectivity index (χ4v) is 1.86. The van der Waals surface area contributed by atoms with Crippen LogP contribution in [0.1, 0.15) is 23.9 Å². The molecule has 1 N–H and O–H groups in total. The Labute approximate surface area is 107 Å². The first-order chi connectivity index (χ1) is 8.60. The van der Waals surface area contributed by atoms with Crippen molar-refractivity contribution in [1.82, 2.24) is 9.78 Å². The van der Waals surface area contributed by atoms with Crippen molar-refractivity contribution in [2.45, 2.75) is 26.8 Å². The van der Waals surface area contributed by atoms with Gasteiger partial charge in [-0.25, -0.2) is 4.39 Å². The van der Waals surface area contributed by atoms with Gasteiger partial charge in [0.2, 0.25) is 0 Å². The SMILES string of the molecule is CCc1cc(CNc2ccc(C)cc2F)n(C)n1. The molecule has 1 aromatic carbocycles. The van der Waals surface area contributed by atoms with E-state index in [-0.39, 0.29) is 5.82 Å². The van der Waals surface area contributed by atoms with Crippen LogP contribution in [0.3, 0.4) is 0 Å². The van der Waals surface area contributed by atoms with Gasteiger partial charge < -0.3 is 5.32 Å². The number of nitrogens with zero attached hydrogens (tertiary/aromatic N) is 2. The van der Waals surface area contributed by atoms with Gasteiger partial charge in [0, 0.05) is 7.05 Å². The van der Waals surface area contributed by atoms with E-state index in [0.29, 0.717) is 12.2 Å². The van der Waals surface area contributed by atoms with E-state index in [2.05, 4.69) is 17.3 Å². The quantitative estimate of drug-likeness (QED) is 0.900. The second-order valence-electron chi connectivity index (χ2n) is 4.44. The highest BCUT2D eigenvalue weighted by Gasteiger charge is 2.05. The topological polar surface area (TPSA) is 29.9 Å². The van der Waals surface area contributed by atoms with Crippen molar-refractivity contribution in [1.29, 1.82) is 0 Å². The lowest BCUT2D eigenvalue weighted by atomic mass is 10.2. The van der Waals surface area contributed by atoms with Crippen LogP contribution >= 0.6 is 0 Å². The van der Waals surface area contributed by atoms with Gasteiger partial charge in [-0.15, -0.1) is 0 Å². The summed E-state index contributed by atoms with van der Waals surface area (Å²) in [5.41, 5.74) is 3.55. The molecule has 0 saturated heterocycles. The van der Waals surface area contributed by atoms with Crippen molar-refractivity contribution >= 4 is 5.69 Å². The Morgan fingerprint density at radius 2 is 2.11 bits per heavy atom. The van der Waals surface area contributed by atoms with Crippen LogP contribution in [0.2, 0.25) is 0 Å². The van der Waals surface area contributed by atoms with E-state index in [1.807, 2.05) is 30.8 Å². The number of aryl methyl sites for hydroxylation is 3. The maximum atomic E-state index is 13.6. The number of hydrogen-bond donors (Lipinski definition) is 1. The van der Waals surface area contributed by atoms with E-state index in [4.69, 9.17) is 0 Å². The van der Waals surface area contributed by atoms with E-state index in [9.17, 15) is 4.39 Å². The van der Waals surface area contributed by atoms with Crippen LogP contribution in [0.15, 0.2) is 24.3 Å². The Morgan fingerprint density at radius 3 is 2.72 bits per heavy atom. The van der Waals surface area contributed by atoms with Crippen molar-refractivity contribution in [3.05, 3.63) is 47.0 Å². The van der Waals surface area contributed by atoms with Gasteiger partial charge in [-0.2, -0.15) is 5.10 Å². The van der Waals surface area contributed by atoms with Crippen molar-refractivity contribution in [3.63, 3.8) is 0 Å². The highest BCUT2D eigenvalue weighted by molar-refractivity contribution is 5.46. The van der Waals surface area contributed by atoms with Crippen molar-refractivity contribution in [2.24, 2.45) is 7.05 Å². The summed E-state index contributed by atoms with van der Waals surface area (Å²) >= 11 is 0. The smallest absolute Gasteiger partial charge is 0.146 e. The van der Waals surface area contributed by atoms with Gasteiger partial charge in [0.1, 0.15) is 5.82 Å². The first-order valence-corrected chi connectivity index (χ1v) is 6.12. The van der Waals surface area contributed by atoms with Gasteiger partial charge in [-0.3, -0.25) is 4.68 Å². The molecule has 0 spiro atoms. The molecule has 3 nitrogen and oxygen atoms in total. The summed E-state index contributed by atoms with van der Waals surface area (Å²) in [6.45, 7) is 4.52. The van der Waals surface area contributed by atoms with E-state index in [1.54, 1.807) is 6.07 Å². The van der Waals surface area contributed by atoms with Crippen molar-refractivity contribution < 1.29 is 4.39 Å². The lowest BCUT2D eigenvalue weighted by Crippen LogP contribution is -2.06. The third-order valence-corrected chi connectivity index (χ3v) is 2.97. The Balaban J connectivity index is 2.08. The van der Waals surface area contributed by atoms with Crippen LogP contribution in [-0.4, -0.2) is 9.78 Å². The summed E-state index contributed by atoms with van der Waals surface area (Å²) in [6.07, 6.45) is 0.909. The van der Waals surface area contributed by atoms with Gasteiger partial charge in [0.15, 0.2) is 0 Å². The Bertz CT molecular complexity index is 546. The molecule has 96 valence electrons. The fourth-order valence-electron chi connectivity index (χ4n) is 1.86. The third kappa shape index (κ3) is 2.70. The number of hydrogen-bond acceptors (Lipinski definition) is 2. The molecule has 0 amide bonds. The predicted octanol–water partition coefficient (Wildman–Crippen LogP) is 3.04. The van der Waals surface area contributed by atoms with Crippen molar-refractivity contribution in [3.8, 4) is 0 Å². The first kappa shape index (κ1) is 12.6. The molecule has 0 aliphatic rings. The standard InChI is InChI=1S/C14H18FN3/c1-4-11-8-12(18(3)17-11)9-16-14-6-5-10(2)7-13(14)15/h5-8,16H,4,9H2,1-3H3. The molecule has 0 saturated carbocycles. The van der Waals surface area contributed by atoms with E-state index in [1.165, 1.54) is 6.07 Å². The Hall–Kier alpha value is -1.84. The molecule has 1 aromatic heterocycles. The van der Waals surface area contributed by atoms with Crippen LogP contribution in [0, 0.1) is 12.7 Å². The minimum atomic E-state index is -0.215. The molecule has 0 unspecified atom stereocenters. The molecule has 4 heteroatoms. The van der Waals surface area contributed by atoms with Crippen LogP contribution in [0.25, 0.3) is 0 Å². The molecule has 0 bridgehead atoms. The zero-order chi connectivity index (χ0) is 13.1. The third-order valence-electron chi connectivity index (χ3n) is 2.97. The molecule has 0 fully saturated rings. The zero-order valence-corrected chi connectivity index (χ0v) is 11.0. The highest BCUT2D eigenvalue weighted by atomic mass is 19.1. The highest BCUT2D eigenvalue weighted by Crippen LogP contribution is 2.16. The average molecular weight is 247 g/mol. The summed E-state index contributed by atoms with van der Waals surface area (Å²) < 4.78 is 15.5. The first-order valence-electron chi connectivity index (χ1n) is 6.12. The monoisotopic (exact) mass is 247 g/mol. The minimum absolute atomic E-state index is 0.215. The van der Waals surface area contributed by atoms with Crippen LogP contribution < -0.4 is 5.32 Å². The molecule has 0 radical (unpaired) electrons. The van der Waals surface area contributed by atoms with Gasteiger partial charge >= 0.3 is 0 Å². The average Bonchev–Trinajstić information content (AvgIpc) is 2.69. The Kier molecular flexibility index (Phi) is 3.65. The van der Waals surface area contributed by atoms with E-state index < -0.39 is 0 Å². The summed E-state index contributed by atoms with van der Waals surface area (Å²) in [6, 6.07) is 7.23. The zero-order valence-electron chi connectivity index (χ0n) is 11.0. The second kappa shape index (κ2) is 5.21. The van der Waals surface area contributed by atoms with Crippen molar-refractivity contribution in [2.75, 3.05) is 5.32 Å². The molecule has 1 heterocycles. The van der Waals surface area contributed by atoms with Crippen LogP contribution in [0.4, 0.5) is 10.1 Å². The van der Waals surface area contributed by atoms with Gasteiger partial charge in [0.05, 0.1) is 23.6 Å². The van der Waals surface area contributed by atoms with Gasteiger partial charge in [-0.1, -0.05) is 13.0 Å². The second-order valence-corrected chi connectivity index (χ2v) is 4.44. The minimum Gasteiger partial charge on any atom is -0.377 e. The number of rotatable bonds is 4. The number of nitrogens with one attached hydrogen (secondary N) is 1. The summed E-state index contributed by atoms with van der Waals surface area (Å²) in [7, 11) is 1.90. The summed E-state index contributed by atoms with van der Waals surface area (Å²) in [5.74, 6) is -0.215. The lowest BCUT2D eigenvalue weighted by molar-refractivity contribution is 0.627. The van der Waals surface area contributed by atoms with Crippen LogP contribution in [0.5, 0.6) is 0 Å². The number of aromatic nitrogens is 2. The van der Waals surface area contributed by atoms with Gasteiger partial charge in [-0.05, 0) is 37.1 Å². The summed E-state index contributed by atoms with van der Waals surface area (Å²) in [4.78, 5) is 0. The summed E-state index contributed by atoms with van der Waals surface area (Å²) in [5, 5.41) is 7.46. The largest absolute Gasteiger partial charge is 0.377 e. The fraction of sp³-hybridized carbons (Fsp3) is 0.357. The van der Waals surface area contributed by atoms with Crippen LogP contribution in [-0.2, 0) is 20.0 Å². The molecule has 2 rings (SSSR count). The maximum Gasteiger partial charge on any atom is 0.146 e. The molecule has 0 atom stereocenters. The van der Waals surface area contributed by atoms with Gasteiger partial charge in [0.25, 0.3) is 0 Å². The number of halogens is 1. The van der Waals surface area contributed by atoms with E-state index >= 15 is 0 Å². The molecule has 0 aliphatic heterocycles. The maximum absolute atomic E-state index is 13.6. The normalized spacial score (nSPS) is 10.7. The molecular formula is C14H18FN3. The Morgan fingerprint density at radius 1 is 1.33 bits per heavy atom. The molecule has 18 heavy (non-hydrogen) atoms. The lowest BCUT2D eigenvalue weighted by Gasteiger charge is -2.08. The molecular weight excluding hydrogens is 229 g/mol. The molecule has 2 aromatic rings. The van der Waals surface area contributed by atoms with E-state index in [0.717, 1.165) is 23.4 Å².